The molecular weight excluding hydrogens is 192 g/mol. The maximum Gasteiger partial charge on any atom is 0.289 e. The Morgan fingerprint density at radius 3 is 2.93 bits per heavy atom. The number of carbonyl (C=O) groups is 1. The summed E-state index contributed by atoms with van der Waals surface area (Å²) in [7, 11) is 0. The molecule has 2 heterocycles. The molecule has 2 rings (SSSR count). The molecule has 1 N–H and O–H groups in total. The highest BCUT2D eigenvalue weighted by Gasteiger charge is 2.29. The minimum atomic E-state index is 0.00773. The van der Waals surface area contributed by atoms with Gasteiger partial charge in [0.2, 0.25) is 0 Å². The number of carbonyl (C=O) groups excluding carboxylic acids is 1. The van der Waals surface area contributed by atoms with E-state index in [-0.39, 0.29) is 5.91 Å². The number of nitrogens with zero attached hydrogens (tertiary/aromatic N) is 1. The minimum absolute atomic E-state index is 0.00773. The van der Waals surface area contributed by atoms with Gasteiger partial charge < -0.3 is 14.6 Å². The Morgan fingerprint density at radius 2 is 2.47 bits per heavy atom. The molecule has 82 valence electrons. The molecule has 1 aromatic rings. The maximum atomic E-state index is 12.0. The second-order valence-corrected chi connectivity index (χ2v) is 3.79. The van der Waals surface area contributed by atoms with Crippen molar-refractivity contribution in [1.82, 2.24) is 10.2 Å². The molecule has 4 heteroatoms. The fourth-order valence-corrected chi connectivity index (χ4v) is 1.73. The molecule has 0 saturated carbocycles. The summed E-state index contributed by atoms with van der Waals surface area (Å²) in [6.07, 6.45) is 2.51. The SMILES string of the molecule is CCCN(C(=O)c1ccco1)C1CNC1. The van der Waals surface area contributed by atoms with Crippen LogP contribution in [0.1, 0.15) is 23.9 Å². The van der Waals surface area contributed by atoms with Gasteiger partial charge in [-0.3, -0.25) is 4.79 Å². The first-order valence-corrected chi connectivity index (χ1v) is 5.38. The van der Waals surface area contributed by atoms with Crippen LogP contribution in [0, 0.1) is 0 Å². The molecule has 0 spiro atoms. The topological polar surface area (TPSA) is 45.5 Å². The van der Waals surface area contributed by atoms with E-state index in [1.54, 1.807) is 12.1 Å². The van der Waals surface area contributed by atoms with E-state index in [9.17, 15) is 4.79 Å². The molecule has 1 saturated heterocycles. The smallest absolute Gasteiger partial charge is 0.289 e. The quantitative estimate of drug-likeness (QED) is 0.806. The zero-order valence-electron chi connectivity index (χ0n) is 8.90. The molecule has 0 aromatic carbocycles. The van der Waals surface area contributed by atoms with E-state index in [1.165, 1.54) is 6.26 Å². The summed E-state index contributed by atoms with van der Waals surface area (Å²) in [4.78, 5) is 13.9. The lowest BCUT2D eigenvalue weighted by atomic mass is 10.1. The standard InChI is InChI=1S/C11H16N2O2/c1-2-5-13(9-7-12-8-9)11(14)10-4-3-6-15-10/h3-4,6,9,12H,2,5,7-8H2,1H3. The van der Waals surface area contributed by atoms with E-state index in [0.29, 0.717) is 11.8 Å². The Hall–Kier alpha value is -1.29. The van der Waals surface area contributed by atoms with Crippen LogP contribution in [-0.4, -0.2) is 36.5 Å². The predicted octanol–water partition coefficient (Wildman–Crippen LogP) is 1.10. The Morgan fingerprint density at radius 1 is 1.67 bits per heavy atom. The predicted molar refractivity (Wildman–Crippen MR) is 56.7 cm³/mol. The van der Waals surface area contributed by atoms with E-state index in [4.69, 9.17) is 4.42 Å². The number of hydrogen-bond donors (Lipinski definition) is 1. The molecule has 0 radical (unpaired) electrons. The van der Waals surface area contributed by atoms with Gasteiger partial charge in [0.15, 0.2) is 5.76 Å². The van der Waals surface area contributed by atoms with Crippen LogP contribution < -0.4 is 5.32 Å². The van der Waals surface area contributed by atoms with Crippen LogP contribution in [-0.2, 0) is 0 Å². The largest absolute Gasteiger partial charge is 0.459 e. The van der Waals surface area contributed by atoms with Gasteiger partial charge in [-0.1, -0.05) is 6.92 Å². The second kappa shape index (κ2) is 4.49. The highest BCUT2D eigenvalue weighted by atomic mass is 16.3. The molecule has 0 atom stereocenters. The van der Waals surface area contributed by atoms with Crippen molar-refractivity contribution < 1.29 is 9.21 Å². The zero-order chi connectivity index (χ0) is 10.7. The van der Waals surface area contributed by atoms with E-state index in [0.717, 1.165) is 26.1 Å². The average molecular weight is 208 g/mol. The van der Waals surface area contributed by atoms with E-state index in [2.05, 4.69) is 12.2 Å². The third-order valence-corrected chi connectivity index (χ3v) is 2.66. The van der Waals surface area contributed by atoms with E-state index >= 15 is 0 Å². The normalized spacial score (nSPS) is 16.1. The summed E-state index contributed by atoms with van der Waals surface area (Å²) in [6, 6.07) is 3.80. The highest BCUT2D eigenvalue weighted by molar-refractivity contribution is 5.91. The van der Waals surface area contributed by atoms with E-state index in [1.807, 2.05) is 4.90 Å². The van der Waals surface area contributed by atoms with Crippen LogP contribution >= 0.6 is 0 Å². The van der Waals surface area contributed by atoms with Crippen LogP contribution in [0.2, 0.25) is 0 Å². The zero-order valence-corrected chi connectivity index (χ0v) is 8.90. The van der Waals surface area contributed by atoms with Gasteiger partial charge in [0.1, 0.15) is 0 Å². The van der Waals surface area contributed by atoms with E-state index < -0.39 is 0 Å². The maximum absolute atomic E-state index is 12.0. The third-order valence-electron chi connectivity index (χ3n) is 2.66. The average Bonchev–Trinajstić information content (AvgIpc) is 2.66. The van der Waals surface area contributed by atoms with Gasteiger partial charge in [-0.15, -0.1) is 0 Å². The highest BCUT2D eigenvalue weighted by Crippen LogP contribution is 2.12. The first kappa shape index (κ1) is 10.2. The number of hydrogen-bond acceptors (Lipinski definition) is 3. The lowest BCUT2D eigenvalue weighted by Gasteiger charge is -2.37. The fourth-order valence-electron chi connectivity index (χ4n) is 1.73. The monoisotopic (exact) mass is 208 g/mol. The number of amides is 1. The Labute approximate surface area is 89.2 Å². The summed E-state index contributed by atoms with van der Waals surface area (Å²) in [5.74, 6) is 0.448. The first-order valence-electron chi connectivity index (χ1n) is 5.38. The molecular formula is C11H16N2O2. The van der Waals surface area contributed by atoms with Crippen molar-refractivity contribution in [3.05, 3.63) is 24.2 Å². The lowest BCUT2D eigenvalue weighted by Crippen LogP contribution is -2.59. The first-order chi connectivity index (χ1) is 7.33. The third kappa shape index (κ3) is 2.04. The van der Waals surface area contributed by atoms with Crippen LogP contribution in [0.4, 0.5) is 0 Å². The fraction of sp³-hybridized carbons (Fsp3) is 0.545. The Bertz CT molecular complexity index is 317. The summed E-state index contributed by atoms with van der Waals surface area (Å²) >= 11 is 0. The molecule has 1 aliphatic heterocycles. The van der Waals surface area contributed by atoms with Crippen molar-refractivity contribution in [3.8, 4) is 0 Å². The van der Waals surface area contributed by atoms with Crippen molar-refractivity contribution in [2.75, 3.05) is 19.6 Å². The minimum Gasteiger partial charge on any atom is -0.459 e. The van der Waals surface area contributed by atoms with Gasteiger partial charge in [-0.2, -0.15) is 0 Å². The second-order valence-electron chi connectivity index (χ2n) is 3.79. The molecule has 1 fully saturated rings. The summed E-state index contributed by atoms with van der Waals surface area (Å²) in [5.41, 5.74) is 0. The number of nitrogens with one attached hydrogen (secondary N) is 1. The molecule has 1 aromatic heterocycles. The van der Waals surface area contributed by atoms with Crippen molar-refractivity contribution >= 4 is 5.91 Å². The molecule has 0 bridgehead atoms. The summed E-state index contributed by atoms with van der Waals surface area (Å²) in [6.45, 7) is 4.67. The number of rotatable bonds is 4. The lowest BCUT2D eigenvalue weighted by molar-refractivity contribution is 0.0583. The van der Waals surface area contributed by atoms with Gasteiger partial charge in [0.25, 0.3) is 5.91 Å². The summed E-state index contributed by atoms with van der Waals surface area (Å²) < 4.78 is 5.13. The molecule has 0 aliphatic carbocycles. The van der Waals surface area contributed by atoms with Gasteiger partial charge in [-0.25, -0.2) is 0 Å². The van der Waals surface area contributed by atoms with Gasteiger partial charge >= 0.3 is 0 Å². The molecule has 1 amide bonds. The Balaban J connectivity index is 2.06. The molecule has 4 nitrogen and oxygen atoms in total. The van der Waals surface area contributed by atoms with Crippen LogP contribution in [0.15, 0.2) is 22.8 Å². The van der Waals surface area contributed by atoms with Gasteiger partial charge in [0, 0.05) is 19.6 Å². The van der Waals surface area contributed by atoms with Crippen LogP contribution in [0.3, 0.4) is 0 Å². The van der Waals surface area contributed by atoms with Gasteiger partial charge in [-0.05, 0) is 18.6 Å². The Kier molecular flexibility index (Phi) is 3.06. The van der Waals surface area contributed by atoms with Crippen molar-refractivity contribution in [2.24, 2.45) is 0 Å². The van der Waals surface area contributed by atoms with Crippen molar-refractivity contribution in [1.29, 1.82) is 0 Å². The van der Waals surface area contributed by atoms with Crippen molar-refractivity contribution in [2.45, 2.75) is 19.4 Å². The van der Waals surface area contributed by atoms with Crippen LogP contribution in [0.5, 0.6) is 0 Å². The molecule has 15 heavy (non-hydrogen) atoms. The van der Waals surface area contributed by atoms with Gasteiger partial charge in [0.05, 0.1) is 12.3 Å². The number of furan rings is 1. The van der Waals surface area contributed by atoms with Crippen molar-refractivity contribution in [3.63, 3.8) is 0 Å². The molecule has 0 unspecified atom stereocenters. The molecule has 1 aliphatic rings. The summed E-state index contributed by atoms with van der Waals surface area (Å²) in [5, 5.41) is 3.18. The van der Waals surface area contributed by atoms with Crippen LogP contribution in [0.25, 0.3) is 0 Å².